The van der Waals surface area contributed by atoms with Crippen LogP contribution >= 0.6 is 0 Å². The number of hydrogen-bond acceptors (Lipinski definition) is 8. The average molecular weight is 471 g/mol. The molecule has 0 bridgehead atoms. The Bertz CT molecular complexity index is 1170. The van der Waals surface area contributed by atoms with Gasteiger partial charge >= 0.3 is 6.01 Å². The van der Waals surface area contributed by atoms with E-state index in [4.69, 9.17) is 9.47 Å². The second kappa shape index (κ2) is 9.44. The normalized spacial score (nSPS) is 24.0. The van der Waals surface area contributed by atoms with E-state index in [0.717, 1.165) is 35.0 Å². The van der Waals surface area contributed by atoms with E-state index in [1.807, 2.05) is 29.8 Å². The van der Waals surface area contributed by atoms with E-state index in [-0.39, 0.29) is 24.6 Å². The lowest BCUT2D eigenvalue weighted by molar-refractivity contribution is 0.00333. The van der Waals surface area contributed by atoms with Crippen LogP contribution in [0.2, 0.25) is 0 Å². The molecule has 34 heavy (non-hydrogen) atoms. The molecule has 1 N–H and O–H groups in total. The molecule has 2 fully saturated rings. The fraction of sp³-hybridized carbons (Fsp3) is 0.542. The van der Waals surface area contributed by atoms with Gasteiger partial charge in [0, 0.05) is 37.0 Å². The molecule has 2 aliphatic rings. The Morgan fingerprint density at radius 3 is 2.76 bits per heavy atom. The number of morpholine rings is 1. The number of rotatable bonds is 5. The summed E-state index contributed by atoms with van der Waals surface area (Å²) >= 11 is 0. The highest BCUT2D eigenvalue weighted by Crippen LogP contribution is 2.35. The summed E-state index contributed by atoms with van der Waals surface area (Å²) in [7, 11) is 3.49. The average Bonchev–Trinajstić information content (AvgIpc) is 3.26. The molecule has 2 saturated heterocycles. The molecule has 3 atom stereocenters. The molecule has 9 nitrogen and oxygen atoms in total. The Kier molecular flexibility index (Phi) is 6.37. The van der Waals surface area contributed by atoms with E-state index in [9.17, 15) is 9.50 Å². The summed E-state index contributed by atoms with van der Waals surface area (Å²) in [6.07, 6.45) is 1.42. The topological polar surface area (TPSA) is 88.8 Å². The van der Waals surface area contributed by atoms with Gasteiger partial charge in [-0.3, -0.25) is 0 Å². The van der Waals surface area contributed by atoms with E-state index in [2.05, 4.69) is 27.2 Å². The molecule has 0 spiro atoms. The van der Waals surface area contributed by atoms with Crippen molar-refractivity contribution >= 4 is 16.7 Å². The number of aryl methyl sites for hydroxylation is 1. The summed E-state index contributed by atoms with van der Waals surface area (Å²) in [5.74, 6) is 1.11. The number of likely N-dealkylation sites (tertiary alicyclic amines) is 1. The quantitative estimate of drug-likeness (QED) is 0.607. The Morgan fingerprint density at radius 1 is 1.18 bits per heavy atom. The van der Waals surface area contributed by atoms with Gasteiger partial charge in [-0.2, -0.15) is 15.1 Å². The van der Waals surface area contributed by atoms with Crippen LogP contribution in [-0.2, 0) is 4.74 Å². The van der Waals surface area contributed by atoms with Crippen LogP contribution in [0.4, 0.5) is 10.2 Å². The summed E-state index contributed by atoms with van der Waals surface area (Å²) in [6, 6.07) is 6.23. The maximum atomic E-state index is 15.0. The molecule has 0 saturated carbocycles. The molecule has 4 heterocycles. The van der Waals surface area contributed by atoms with Crippen LogP contribution in [0.5, 0.6) is 6.01 Å². The molecule has 0 amide bonds. The van der Waals surface area contributed by atoms with Crippen LogP contribution in [0.1, 0.15) is 23.5 Å². The minimum atomic E-state index is -0.905. The Hall–Kier alpha value is -2.82. The fourth-order valence-corrected chi connectivity index (χ4v) is 4.99. The molecule has 5 rings (SSSR count). The number of aromatic nitrogens is 4. The van der Waals surface area contributed by atoms with Gasteiger partial charge in [-0.15, -0.1) is 0 Å². The second-order valence-electron chi connectivity index (χ2n) is 9.19. The number of halogens is 1. The summed E-state index contributed by atoms with van der Waals surface area (Å²) in [5, 5.41) is 15.1. The van der Waals surface area contributed by atoms with Gasteiger partial charge in [0.25, 0.3) is 0 Å². The zero-order valence-electron chi connectivity index (χ0n) is 19.8. The number of nitrogens with zero attached hydrogens (tertiary/aromatic N) is 6. The predicted octanol–water partition coefficient (Wildman–Crippen LogP) is 2.09. The fourth-order valence-electron chi connectivity index (χ4n) is 4.99. The third-order valence-corrected chi connectivity index (χ3v) is 6.84. The minimum Gasteiger partial charge on any atom is -0.467 e. The number of methoxy groups -OCH3 is 1. The number of aliphatic hydroxyl groups excluding tert-OH is 1. The van der Waals surface area contributed by atoms with Gasteiger partial charge in [0.1, 0.15) is 12.0 Å². The van der Waals surface area contributed by atoms with E-state index in [1.165, 1.54) is 7.11 Å². The van der Waals surface area contributed by atoms with E-state index >= 15 is 0 Å². The summed E-state index contributed by atoms with van der Waals surface area (Å²) in [6.45, 7) is 4.98. The van der Waals surface area contributed by atoms with Gasteiger partial charge in [0.05, 0.1) is 38.1 Å². The van der Waals surface area contributed by atoms with Crippen molar-refractivity contribution in [3.63, 3.8) is 0 Å². The maximum Gasteiger partial charge on any atom is 0.320 e. The Balaban J connectivity index is 1.55. The smallest absolute Gasteiger partial charge is 0.320 e. The first kappa shape index (κ1) is 22.9. The predicted molar refractivity (Wildman–Crippen MR) is 127 cm³/mol. The molecule has 2 aromatic heterocycles. The zero-order chi connectivity index (χ0) is 23.8. The second-order valence-corrected chi connectivity index (χ2v) is 9.19. The maximum absolute atomic E-state index is 15.0. The highest BCUT2D eigenvalue weighted by molar-refractivity contribution is 5.82. The van der Waals surface area contributed by atoms with Crippen molar-refractivity contribution in [2.24, 2.45) is 0 Å². The molecular formula is C24H31FN6O3. The number of piperidine rings is 1. The zero-order valence-corrected chi connectivity index (χ0v) is 19.8. The van der Waals surface area contributed by atoms with Crippen molar-refractivity contribution < 1.29 is 19.0 Å². The molecule has 10 heteroatoms. The lowest BCUT2D eigenvalue weighted by Gasteiger charge is -2.33. The number of anilines is 1. The highest BCUT2D eigenvalue weighted by atomic mass is 19.1. The number of ether oxygens (including phenoxy) is 2. The van der Waals surface area contributed by atoms with Crippen LogP contribution in [0.15, 0.2) is 24.4 Å². The van der Waals surface area contributed by atoms with Crippen molar-refractivity contribution in [3.05, 3.63) is 35.5 Å². The molecule has 1 aromatic carbocycles. The molecule has 0 radical (unpaired) electrons. The van der Waals surface area contributed by atoms with Crippen molar-refractivity contribution in [1.82, 2.24) is 24.6 Å². The molecule has 182 valence electrons. The van der Waals surface area contributed by atoms with Gasteiger partial charge in [-0.05, 0) is 50.2 Å². The molecule has 3 aromatic rings. The third-order valence-electron chi connectivity index (χ3n) is 6.84. The summed E-state index contributed by atoms with van der Waals surface area (Å²) < 4.78 is 27.7. The van der Waals surface area contributed by atoms with Crippen molar-refractivity contribution in [1.29, 1.82) is 0 Å². The molecule has 2 aliphatic heterocycles. The number of aliphatic hydroxyl groups is 1. The van der Waals surface area contributed by atoms with Crippen molar-refractivity contribution in [2.45, 2.75) is 31.5 Å². The van der Waals surface area contributed by atoms with Gasteiger partial charge in [0.2, 0.25) is 0 Å². The minimum absolute atomic E-state index is 0.0516. The van der Waals surface area contributed by atoms with Crippen LogP contribution in [0.3, 0.4) is 0 Å². The first-order valence-corrected chi connectivity index (χ1v) is 11.7. The van der Waals surface area contributed by atoms with E-state index in [1.54, 1.807) is 10.9 Å². The molecule has 0 aliphatic carbocycles. The number of fused-ring (bicyclic) bond motifs is 1. The molecule has 0 unspecified atom stereocenters. The monoisotopic (exact) mass is 470 g/mol. The van der Waals surface area contributed by atoms with Crippen molar-refractivity contribution in [3.8, 4) is 11.8 Å². The lowest BCUT2D eigenvalue weighted by atomic mass is 9.85. The van der Waals surface area contributed by atoms with Gasteiger partial charge in [-0.25, -0.2) is 9.07 Å². The van der Waals surface area contributed by atoms with Crippen LogP contribution < -0.4 is 9.64 Å². The van der Waals surface area contributed by atoms with Crippen LogP contribution in [-0.4, -0.2) is 95.6 Å². The SMILES string of the molecule is COc1nc(N2CCO[C@@H](CO)C2)cc(-n2ncc3cc(C)c([C@H]4CCN(C)C[C@H]4F)cc32)n1. The lowest BCUT2D eigenvalue weighted by Crippen LogP contribution is -2.44. The Labute approximate surface area is 198 Å². The third kappa shape index (κ3) is 4.33. The standard InChI is InChI=1S/C24H31FN6O3/c1-15-8-16-11-26-31(21(16)9-19(15)18-4-5-29(2)13-20(18)25)23-10-22(27-24(28-23)33-3)30-6-7-34-17(12-30)14-32/h8-11,17-18,20,32H,4-7,12-14H2,1-3H3/t17-,18-,20-/m1/s1. The van der Waals surface area contributed by atoms with Crippen LogP contribution in [0.25, 0.3) is 16.7 Å². The highest BCUT2D eigenvalue weighted by Gasteiger charge is 2.30. The van der Waals surface area contributed by atoms with Gasteiger partial charge in [-0.1, -0.05) is 0 Å². The summed E-state index contributed by atoms with van der Waals surface area (Å²) in [4.78, 5) is 13.2. The van der Waals surface area contributed by atoms with Crippen molar-refractivity contribution in [2.75, 3.05) is 58.5 Å². The summed E-state index contributed by atoms with van der Waals surface area (Å²) in [5.41, 5.74) is 2.97. The van der Waals surface area contributed by atoms with Gasteiger partial charge < -0.3 is 24.4 Å². The van der Waals surface area contributed by atoms with Gasteiger partial charge in [0.15, 0.2) is 5.82 Å². The first-order valence-electron chi connectivity index (χ1n) is 11.7. The largest absolute Gasteiger partial charge is 0.467 e. The Morgan fingerprint density at radius 2 is 2.00 bits per heavy atom. The number of alkyl halides is 1. The van der Waals surface area contributed by atoms with E-state index in [0.29, 0.717) is 37.9 Å². The first-order chi connectivity index (χ1) is 16.5. The number of hydrogen-bond donors (Lipinski definition) is 1. The number of benzene rings is 1. The van der Waals surface area contributed by atoms with E-state index < -0.39 is 6.17 Å². The van der Waals surface area contributed by atoms with Crippen LogP contribution in [0, 0.1) is 6.92 Å². The molecular weight excluding hydrogens is 439 g/mol.